The Bertz CT molecular complexity index is 631. The van der Waals surface area contributed by atoms with E-state index < -0.39 is 0 Å². The number of halogens is 2. The first-order chi connectivity index (χ1) is 9.52. The van der Waals surface area contributed by atoms with Crippen LogP contribution in [-0.2, 0) is 4.79 Å². The third-order valence-corrected chi connectivity index (χ3v) is 4.05. The molecular weight excluding hydrogens is 319 g/mol. The number of anilines is 1. The van der Waals surface area contributed by atoms with Crippen molar-refractivity contribution < 1.29 is 4.79 Å². The van der Waals surface area contributed by atoms with Crippen LogP contribution in [0.5, 0.6) is 0 Å². The van der Waals surface area contributed by atoms with E-state index in [1.165, 1.54) is 0 Å². The van der Waals surface area contributed by atoms with E-state index in [2.05, 4.69) is 26.3 Å². The highest BCUT2D eigenvalue weighted by atomic mass is 35.5. The van der Waals surface area contributed by atoms with Crippen molar-refractivity contribution in [2.45, 2.75) is 26.3 Å². The molecule has 0 saturated carbocycles. The van der Waals surface area contributed by atoms with E-state index in [0.29, 0.717) is 26.8 Å². The Morgan fingerprint density at radius 3 is 2.75 bits per heavy atom. The first kappa shape index (κ1) is 15.4. The van der Waals surface area contributed by atoms with Crippen LogP contribution in [0.2, 0.25) is 10.0 Å². The topological polar surface area (TPSA) is 66.9 Å². The molecule has 0 bridgehead atoms. The van der Waals surface area contributed by atoms with Gasteiger partial charge in [0.15, 0.2) is 0 Å². The average molecular weight is 333 g/mol. The summed E-state index contributed by atoms with van der Waals surface area (Å²) in [7, 11) is 0. The Labute approximate surface area is 131 Å². The molecule has 0 aliphatic rings. The largest absolute Gasteiger partial charge is 0.322 e. The van der Waals surface area contributed by atoms with E-state index in [9.17, 15) is 4.79 Å². The van der Waals surface area contributed by atoms with E-state index >= 15 is 0 Å². The number of amides is 1. The molecule has 1 unspecified atom stereocenters. The molecule has 0 fully saturated rings. The summed E-state index contributed by atoms with van der Waals surface area (Å²) in [4.78, 5) is 11.9. The number of carbonyl (C=O) groups is 1. The van der Waals surface area contributed by atoms with E-state index in [0.717, 1.165) is 18.1 Å². The van der Waals surface area contributed by atoms with Crippen molar-refractivity contribution in [2.24, 2.45) is 0 Å². The number of rotatable bonds is 5. The molecule has 1 aromatic heterocycles. The minimum Gasteiger partial charge on any atom is -0.322 e. The number of nitrogens with zero attached hydrogens (tertiary/aromatic N) is 2. The monoisotopic (exact) mass is 332 g/mol. The van der Waals surface area contributed by atoms with Crippen molar-refractivity contribution in [2.75, 3.05) is 11.9 Å². The van der Waals surface area contributed by atoms with E-state index in [-0.39, 0.29) is 18.5 Å². The van der Waals surface area contributed by atoms with Gasteiger partial charge in [0.1, 0.15) is 11.0 Å². The van der Waals surface area contributed by atoms with Crippen molar-refractivity contribution in [3.63, 3.8) is 0 Å². The van der Waals surface area contributed by atoms with Crippen LogP contribution < -0.4 is 10.6 Å². The van der Waals surface area contributed by atoms with Crippen LogP contribution in [0.3, 0.4) is 0 Å². The molecule has 5 nitrogen and oxygen atoms in total. The van der Waals surface area contributed by atoms with Gasteiger partial charge in [-0.15, -0.1) is 0 Å². The summed E-state index contributed by atoms with van der Waals surface area (Å²) in [5.41, 5.74) is 1.52. The molecule has 2 rings (SSSR count). The van der Waals surface area contributed by atoms with Crippen LogP contribution in [0, 0.1) is 0 Å². The van der Waals surface area contributed by atoms with Gasteiger partial charge in [-0.3, -0.25) is 4.79 Å². The summed E-state index contributed by atoms with van der Waals surface area (Å²) in [5, 5.41) is 6.65. The summed E-state index contributed by atoms with van der Waals surface area (Å²) in [5.74, 6) is -0.177. The highest BCUT2D eigenvalue weighted by molar-refractivity contribution is 7.00. The summed E-state index contributed by atoms with van der Waals surface area (Å²) < 4.78 is 8.22. The molecule has 1 atom stereocenters. The predicted molar refractivity (Wildman–Crippen MR) is 83.8 cm³/mol. The maximum atomic E-state index is 11.9. The van der Waals surface area contributed by atoms with E-state index in [4.69, 9.17) is 23.2 Å². The number of aromatic nitrogens is 2. The summed E-state index contributed by atoms with van der Waals surface area (Å²) in [6.45, 7) is 4.29. The first-order valence-corrected chi connectivity index (χ1v) is 7.65. The fraction of sp³-hybridized carbons (Fsp3) is 0.417. The second-order valence-corrected chi connectivity index (χ2v) is 5.76. The maximum Gasteiger partial charge on any atom is 0.238 e. The average Bonchev–Trinajstić information content (AvgIpc) is 2.90. The fourth-order valence-electron chi connectivity index (χ4n) is 1.59. The van der Waals surface area contributed by atoms with Crippen LogP contribution in [-0.4, -0.2) is 27.2 Å². The Morgan fingerprint density at radius 2 is 2.05 bits per heavy atom. The molecule has 0 spiro atoms. The van der Waals surface area contributed by atoms with Gasteiger partial charge in [-0.2, -0.15) is 8.75 Å². The van der Waals surface area contributed by atoms with Crippen molar-refractivity contribution in [3.05, 3.63) is 16.1 Å². The predicted octanol–water partition coefficient (Wildman–Crippen LogP) is 3.32. The molecule has 1 amide bonds. The Hall–Kier alpha value is -0.950. The van der Waals surface area contributed by atoms with Crippen molar-refractivity contribution in [1.29, 1.82) is 0 Å². The van der Waals surface area contributed by atoms with Crippen molar-refractivity contribution in [1.82, 2.24) is 14.1 Å². The van der Waals surface area contributed by atoms with Gasteiger partial charge in [0.25, 0.3) is 0 Å². The molecule has 0 radical (unpaired) electrons. The molecular formula is C12H14Cl2N4OS. The molecule has 20 heavy (non-hydrogen) atoms. The zero-order valence-corrected chi connectivity index (χ0v) is 13.4. The number of hydrogen-bond donors (Lipinski definition) is 2. The normalized spacial score (nSPS) is 12.6. The van der Waals surface area contributed by atoms with Gasteiger partial charge in [0.05, 0.1) is 34.0 Å². The molecule has 0 aliphatic carbocycles. The molecule has 2 N–H and O–H groups in total. The first-order valence-electron chi connectivity index (χ1n) is 6.16. The smallest absolute Gasteiger partial charge is 0.238 e. The van der Waals surface area contributed by atoms with Crippen LogP contribution in [0.4, 0.5) is 5.69 Å². The van der Waals surface area contributed by atoms with Gasteiger partial charge in [0, 0.05) is 6.04 Å². The van der Waals surface area contributed by atoms with E-state index in [1.54, 1.807) is 6.07 Å². The fourth-order valence-corrected chi connectivity index (χ4v) is 2.75. The molecule has 1 aromatic carbocycles. The summed E-state index contributed by atoms with van der Waals surface area (Å²) in [6.07, 6.45) is 0.954. The summed E-state index contributed by atoms with van der Waals surface area (Å²) >= 11 is 13.2. The number of carbonyl (C=O) groups excluding carboxylic acids is 1. The quantitative estimate of drug-likeness (QED) is 0.881. The third-order valence-electron chi connectivity index (χ3n) is 2.93. The highest BCUT2D eigenvalue weighted by Gasteiger charge is 2.16. The van der Waals surface area contributed by atoms with Crippen molar-refractivity contribution in [3.8, 4) is 0 Å². The lowest BCUT2D eigenvalue weighted by Crippen LogP contribution is -2.34. The molecule has 8 heteroatoms. The lowest BCUT2D eigenvalue weighted by atomic mass is 10.2. The molecule has 2 aromatic rings. The second-order valence-electron chi connectivity index (χ2n) is 4.42. The maximum absolute atomic E-state index is 11.9. The zero-order valence-electron chi connectivity index (χ0n) is 11.0. The van der Waals surface area contributed by atoms with Crippen molar-refractivity contribution >= 4 is 57.6 Å². The van der Waals surface area contributed by atoms with Crippen LogP contribution in [0.25, 0.3) is 11.0 Å². The van der Waals surface area contributed by atoms with Gasteiger partial charge in [-0.25, -0.2) is 0 Å². The zero-order chi connectivity index (χ0) is 14.7. The number of benzene rings is 1. The number of fused-ring (bicyclic) bond motifs is 1. The molecule has 0 aliphatic heterocycles. The highest BCUT2D eigenvalue weighted by Crippen LogP contribution is 2.35. The van der Waals surface area contributed by atoms with Gasteiger partial charge in [0.2, 0.25) is 5.91 Å². The Morgan fingerprint density at radius 1 is 1.35 bits per heavy atom. The summed E-state index contributed by atoms with van der Waals surface area (Å²) in [6, 6.07) is 1.84. The van der Waals surface area contributed by atoms with E-state index in [1.807, 2.05) is 6.92 Å². The molecule has 1 heterocycles. The van der Waals surface area contributed by atoms with Crippen LogP contribution in [0.1, 0.15) is 20.3 Å². The van der Waals surface area contributed by atoms with Crippen LogP contribution >= 0.6 is 34.9 Å². The number of hydrogen-bond acceptors (Lipinski definition) is 5. The second kappa shape index (κ2) is 6.67. The minimum atomic E-state index is -0.177. The Balaban J connectivity index is 2.17. The van der Waals surface area contributed by atoms with Gasteiger partial charge < -0.3 is 10.6 Å². The standard InChI is InChI=1S/C12H14Cl2N4OS/c1-3-6(2)15-5-9(19)16-10-7(13)4-8(14)11-12(10)18-20-17-11/h4,6,15H,3,5H2,1-2H3,(H,16,19). The number of nitrogens with one attached hydrogen (secondary N) is 2. The Kier molecular flexibility index (Phi) is 5.15. The van der Waals surface area contributed by atoms with Gasteiger partial charge in [-0.05, 0) is 19.4 Å². The minimum absolute atomic E-state index is 0.177. The lowest BCUT2D eigenvalue weighted by Gasteiger charge is -2.12. The van der Waals surface area contributed by atoms with Gasteiger partial charge >= 0.3 is 0 Å². The lowest BCUT2D eigenvalue weighted by molar-refractivity contribution is -0.115. The van der Waals surface area contributed by atoms with Gasteiger partial charge in [-0.1, -0.05) is 30.1 Å². The SMILES string of the molecule is CCC(C)NCC(=O)Nc1c(Cl)cc(Cl)c2nsnc12. The third kappa shape index (κ3) is 3.38. The molecule has 0 saturated heterocycles. The molecule has 108 valence electrons. The van der Waals surface area contributed by atoms with Crippen LogP contribution in [0.15, 0.2) is 6.07 Å².